The molecule has 1 aromatic heterocycles. The van der Waals surface area contributed by atoms with Gasteiger partial charge in [0.2, 0.25) is 0 Å². The maximum absolute atomic E-state index is 10.2. The van der Waals surface area contributed by atoms with Gasteiger partial charge in [-0.1, -0.05) is 18.2 Å². The van der Waals surface area contributed by atoms with Crippen molar-refractivity contribution in [2.45, 2.75) is 6.54 Å². The molecule has 0 aliphatic heterocycles. The molecule has 0 amide bonds. The van der Waals surface area contributed by atoms with Crippen LogP contribution in [0.1, 0.15) is 10.4 Å². The first kappa shape index (κ1) is 15.1. The molecule has 0 spiro atoms. The van der Waals surface area contributed by atoms with Crippen molar-refractivity contribution in [3.05, 3.63) is 48.4 Å². The third-order valence-electron chi connectivity index (χ3n) is 2.03. The number of carboxylic acid groups (broad SMARTS) is 2. The quantitative estimate of drug-likeness (QED) is 0.806. The number of aliphatic carboxylic acids is 1. The van der Waals surface area contributed by atoms with Crippen LogP contribution in [-0.4, -0.2) is 31.7 Å². The van der Waals surface area contributed by atoms with E-state index in [1.54, 1.807) is 41.1 Å². The number of carboxylic acids is 2. The Morgan fingerprint density at radius 1 is 1.21 bits per heavy atom. The maximum atomic E-state index is 10.2. The molecule has 2 rings (SSSR count). The van der Waals surface area contributed by atoms with Crippen LogP contribution >= 0.6 is 0 Å². The van der Waals surface area contributed by atoms with Crippen molar-refractivity contribution in [3.63, 3.8) is 0 Å². The summed E-state index contributed by atoms with van der Waals surface area (Å²) in [7, 11) is 0. The van der Waals surface area contributed by atoms with Crippen LogP contribution in [-0.2, 0) is 29.6 Å². The number of aromatic nitrogens is 2. The van der Waals surface area contributed by atoms with Crippen LogP contribution < -0.4 is 4.29 Å². The van der Waals surface area contributed by atoms with Crippen LogP contribution in [0.3, 0.4) is 0 Å². The van der Waals surface area contributed by atoms with Gasteiger partial charge < -0.3 is 5.11 Å². The predicted molar refractivity (Wildman–Crippen MR) is 62.9 cm³/mol. The Kier molecular flexibility index (Phi) is 5.89. The van der Waals surface area contributed by atoms with Crippen LogP contribution in [0.5, 0.6) is 0 Å². The van der Waals surface area contributed by atoms with Gasteiger partial charge in [0.05, 0.1) is 5.56 Å². The van der Waals surface area contributed by atoms with E-state index >= 15 is 0 Å². The van der Waals surface area contributed by atoms with E-state index in [1.165, 1.54) is 6.33 Å². The second-order valence-corrected chi connectivity index (χ2v) is 5.12. The average molecular weight is 313 g/mol. The van der Waals surface area contributed by atoms with Gasteiger partial charge in [-0.15, -0.1) is 0 Å². The molecule has 95 valence electrons. The predicted octanol–water partition coefficient (Wildman–Crippen LogP) is 0.525. The molecule has 0 saturated carbocycles. The fourth-order valence-corrected chi connectivity index (χ4v) is 1.89. The Morgan fingerprint density at radius 3 is 2.21 bits per heavy atom. The molecule has 1 heterocycles. The molecule has 0 fully saturated rings. The molecule has 19 heavy (non-hydrogen) atoms. The molecule has 1 aromatic carbocycles. The van der Waals surface area contributed by atoms with Gasteiger partial charge in [-0.05, 0) is 12.1 Å². The minimum absolute atomic E-state index is 0.00694. The Morgan fingerprint density at radius 2 is 1.84 bits per heavy atom. The van der Waals surface area contributed by atoms with Crippen molar-refractivity contribution in [1.82, 2.24) is 9.55 Å². The summed E-state index contributed by atoms with van der Waals surface area (Å²) in [5.41, 5.74) is 0.331. The molecule has 0 aliphatic rings. The SMILES string of the molecule is O=C(O)Cn1cn[c]([Zn])c1.O=C(O)c1ccccc1. The second kappa shape index (κ2) is 7.43. The maximum Gasteiger partial charge on any atom is 0.335 e. The first-order valence-electron chi connectivity index (χ1n) is 5.33. The van der Waals surface area contributed by atoms with Crippen molar-refractivity contribution in [1.29, 1.82) is 0 Å². The number of nitrogens with zero attached hydrogens (tertiary/aromatic N) is 2. The van der Waals surface area contributed by atoms with E-state index in [4.69, 9.17) is 10.2 Å². The standard InChI is InChI=1S/C7H6O2.C5H5N2O2.Zn/c8-7(9)6-4-2-1-3-5-6;8-5(9)3-7-2-1-6-4-7;/h1-5H,(H,8,9);2,4H,3H2,(H,8,9);. The van der Waals surface area contributed by atoms with E-state index in [9.17, 15) is 9.59 Å². The van der Waals surface area contributed by atoms with Gasteiger partial charge in [0.25, 0.3) is 0 Å². The Balaban J connectivity index is 0.000000191. The molecular formula is C12H11N2O4Zn. The summed E-state index contributed by atoms with van der Waals surface area (Å²) in [5.74, 6) is -1.71. The van der Waals surface area contributed by atoms with Crippen LogP contribution in [0.4, 0.5) is 0 Å². The first-order chi connectivity index (χ1) is 8.99. The molecule has 2 aromatic rings. The Hall–Kier alpha value is -2.01. The van der Waals surface area contributed by atoms with Crippen LogP contribution in [0.2, 0.25) is 0 Å². The zero-order chi connectivity index (χ0) is 14.3. The number of imidazole rings is 1. The van der Waals surface area contributed by atoms with Gasteiger partial charge in [-0.3, -0.25) is 0 Å². The molecule has 6 nitrogen and oxygen atoms in total. The number of benzene rings is 1. The summed E-state index contributed by atoms with van der Waals surface area (Å²) < 4.78 is 2.52. The molecule has 0 bridgehead atoms. The number of carbonyl (C=O) groups is 2. The normalized spacial score (nSPS) is 9.37. The van der Waals surface area contributed by atoms with Gasteiger partial charge >= 0.3 is 73.1 Å². The second-order valence-electron chi connectivity index (χ2n) is 3.60. The molecular weight excluding hydrogens is 302 g/mol. The van der Waals surface area contributed by atoms with Crippen molar-refractivity contribution in [3.8, 4) is 0 Å². The monoisotopic (exact) mass is 311 g/mol. The number of aromatic carboxylic acids is 1. The summed E-state index contributed by atoms with van der Waals surface area (Å²) >= 11 is 0.965. The third kappa shape index (κ3) is 5.92. The Labute approximate surface area is 119 Å². The van der Waals surface area contributed by atoms with Crippen molar-refractivity contribution in [2.24, 2.45) is 0 Å². The molecule has 0 saturated heterocycles. The fourth-order valence-electron chi connectivity index (χ4n) is 1.23. The van der Waals surface area contributed by atoms with E-state index in [2.05, 4.69) is 4.98 Å². The smallest absolute Gasteiger partial charge is 0.335 e. The van der Waals surface area contributed by atoms with Crippen LogP contribution in [0, 0.1) is 0 Å². The van der Waals surface area contributed by atoms with Crippen LogP contribution in [0.25, 0.3) is 0 Å². The summed E-state index contributed by atoms with van der Waals surface area (Å²) in [6.45, 7) is 0.00694. The third-order valence-corrected chi connectivity index (χ3v) is 2.79. The van der Waals surface area contributed by atoms with Gasteiger partial charge in [0, 0.05) is 0 Å². The fraction of sp³-hybridized carbons (Fsp3) is 0.0833. The average Bonchev–Trinajstić information content (AvgIpc) is 2.76. The first-order valence-corrected chi connectivity index (χ1v) is 6.81. The van der Waals surface area contributed by atoms with Gasteiger partial charge in [-0.2, -0.15) is 0 Å². The molecule has 7 heteroatoms. The zero-order valence-corrected chi connectivity index (χ0v) is 13.0. The number of rotatable bonds is 3. The topological polar surface area (TPSA) is 92.4 Å². The molecule has 0 aliphatic carbocycles. The largest absolute Gasteiger partial charge is 0.478 e. The molecule has 0 atom stereocenters. The van der Waals surface area contributed by atoms with Crippen LogP contribution in [0.15, 0.2) is 42.9 Å². The number of hydrogen-bond acceptors (Lipinski definition) is 3. The minimum Gasteiger partial charge on any atom is -0.478 e. The van der Waals surface area contributed by atoms with Crippen molar-refractivity contribution < 1.29 is 38.1 Å². The number of hydrogen-bond donors (Lipinski definition) is 2. The van der Waals surface area contributed by atoms with Crippen molar-refractivity contribution in [2.75, 3.05) is 0 Å². The molecule has 0 radical (unpaired) electrons. The summed E-state index contributed by atoms with van der Waals surface area (Å²) in [6, 6.07) is 8.30. The van der Waals surface area contributed by atoms with Gasteiger partial charge in [0.15, 0.2) is 0 Å². The van der Waals surface area contributed by atoms with Gasteiger partial charge in [0.1, 0.15) is 0 Å². The van der Waals surface area contributed by atoms with E-state index in [0.717, 1.165) is 22.6 Å². The van der Waals surface area contributed by atoms with E-state index in [1.807, 2.05) is 0 Å². The van der Waals surface area contributed by atoms with Crippen molar-refractivity contribution >= 4 is 16.2 Å². The minimum atomic E-state index is -0.879. The summed E-state index contributed by atoms with van der Waals surface area (Å²) in [6.07, 6.45) is 3.28. The van der Waals surface area contributed by atoms with Gasteiger partial charge in [-0.25, -0.2) is 4.79 Å². The Bertz CT molecular complexity index is 554. The van der Waals surface area contributed by atoms with E-state index in [-0.39, 0.29) is 6.54 Å². The van der Waals surface area contributed by atoms with E-state index in [0.29, 0.717) is 5.56 Å². The summed E-state index contributed by atoms with van der Waals surface area (Å²) in [4.78, 5) is 24.3. The van der Waals surface area contributed by atoms with E-state index < -0.39 is 11.9 Å². The zero-order valence-electron chi connectivity index (χ0n) is 10.1. The molecule has 0 unspecified atom stereocenters. The molecule has 2 N–H and O–H groups in total. The summed E-state index contributed by atoms with van der Waals surface area (Å²) in [5, 5.41) is 16.7.